The molecule has 1 amide bonds. The van der Waals surface area contributed by atoms with Crippen molar-refractivity contribution in [3.63, 3.8) is 0 Å². The molecule has 1 aromatic heterocycles. The summed E-state index contributed by atoms with van der Waals surface area (Å²) in [5, 5.41) is 7.03. The van der Waals surface area contributed by atoms with Crippen LogP contribution in [-0.4, -0.2) is 61.4 Å². The lowest BCUT2D eigenvalue weighted by molar-refractivity contribution is -0.131. The summed E-state index contributed by atoms with van der Waals surface area (Å²) in [5.74, 6) is 0.745. The molecule has 170 valence electrons. The highest BCUT2D eigenvalue weighted by molar-refractivity contribution is 7.89. The van der Waals surface area contributed by atoms with Crippen molar-refractivity contribution in [2.45, 2.75) is 51.5 Å². The molecule has 0 aliphatic carbocycles. The molecule has 1 atom stereocenters. The summed E-state index contributed by atoms with van der Waals surface area (Å²) in [7, 11) is -3.68. The molecule has 1 saturated heterocycles. The largest absolute Gasteiger partial charge is 0.360 e. The molecule has 9 heteroatoms. The molecular weight excluding hydrogens is 416 g/mol. The van der Waals surface area contributed by atoms with Crippen LogP contribution in [0.3, 0.4) is 0 Å². The summed E-state index contributed by atoms with van der Waals surface area (Å²) in [6.45, 7) is 11.0. The zero-order chi connectivity index (χ0) is 22.8. The third-order valence-electron chi connectivity index (χ3n) is 5.82. The van der Waals surface area contributed by atoms with Crippen molar-refractivity contribution >= 4 is 15.9 Å². The lowest BCUT2D eigenvalue weighted by Crippen LogP contribution is -2.52. The number of piperazine rings is 1. The summed E-state index contributed by atoms with van der Waals surface area (Å²) in [4.78, 5) is 14.5. The Morgan fingerprint density at radius 1 is 1.06 bits per heavy atom. The summed E-state index contributed by atoms with van der Waals surface area (Å²) < 4.78 is 32.2. The Balaban J connectivity index is 1.52. The SMILES string of the molecule is Cc1noc(C)c1S(=O)(=O)N1CCN(C(=O)CNC(C)c2ccc(C(C)C)cc2)CC1. The van der Waals surface area contributed by atoms with Gasteiger partial charge >= 0.3 is 0 Å². The Morgan fingerprint density at radius 2 is 1.65 bits per heavy atom. The number of aromatic nitrogens is 1. The third kappa shape index (κ3) is 5.16. The van der Waals surface area contributed by atoms with Crippen LogP contribution in [0.2, 0.25) is 0 Å². The predicted octanol–water partition coefficient (Wildman–Crippen LogP) is 2.60. The highest BCUT2D eigenvalue weighted by atomic mass is 32.2. The molecule has 0 saturated carbocycles. The quantitative estimate of drug-likeness (QED) is 0.700. The molecule has 31 heavy (non-hydrogen) atoms. The summed E-state index contributed by atoms with van der Waals surface area (Å²) in [6, 6.07) is 8.48. The van der Waals surface area contributed by atoms with Gasteiger partial charge in [0.05, 0.1) is 6.54 Å². The third-order valence-corrected chi connectivity index (χ3v) is 7.96. The second kappa shape index (κ2) is 9.50. The lowest BCUT2D eigenvalue weighted by Gasteiger charge is -2.34. The molecule has 1 N–H and O–H groups in total. The topological polar surface area (TPSA) is 95.8 Å². The number of nitrogens with zero attached hydrogens (tertiary/aromatic N) is 3. The van der Waals surface area contributed by atoms with Crippen LogP contribution in [-0.2, 0) is 14.8 Å². The number of aryl methyl sites for hydroxylation is 2. The summed E-state index contributed by atoms with van der Waals surface area (Å²) in [5.41, 5.74) is 2.78. The monoisotopic (exact) mass is 448 g/mol. The standard InChI is InChI=1S/C22H32N4O4S/c1-15(2)19-6-8-20(9-7-19)16(3)23-14-21(27)25-10-12-26(13-11-25)31(28,29)22-17(4)24-30-18(22)5/h6-9,15-16,23H,10-14H2,1-5H3. The predicted molar refractivity (Wildman–Crippen MR) is 118 cm³/mol. The lowest BCUT2D eigenvalue weighted by atomic mass is 9.99. The first-order valence-corrected chi connectivity index (χ1v) is 12.1. The minimum atomic E-state index is -3.68. The molecule has 1 unspecified atom stereocenters. The zero-order valence-electron chi connectivity index (χ0n) is 18.9. The number of amides is 1. The van der Waals surface area contributed by atoms with Gasteiger partial charge in [0.15, 0.2) is 5.76 Å². The van der Waals surface area contributed by atoms with E-state index in [1.807, 2.05) is 6.92 Å². The van der Waals surface area contributed by atoms with Gasteiger partial charge in [-0.25, -0.2) is 8.42 Å². The van der Waals surface area contributed by atoms with Gasteiger partial charge < -0.3 is 14.7 Å². The average molecular weight is 449 g/mol. The van der Waals surface area contributed by atoms with E-state index in [1.165, 1.54) is 9.87 Å². The average Bonchev–Trinajstić information content (AvgIpc) is 3.10. The Morgan fingerprint density at radius 3 is 2.16 bits per heavy atom. The van der Waals surface area contributed by atoms with Crippen LogP contribution >= 0.6 is 0 Å². The van der Waals surface area contributed by atoms with Gasteiger partial charge in [-0.05, 0) is 37.8 Å². The van der Waals surface area contributed by atoms with Crippen LogP contribution in [0.5, 0.6) is 0 Å². The van der Waals surface area contributed by atoms with E-state index >= 15 is 0 Å². The first kappa shape index (κ1) is 23.4. The minimum absolute atomic E-state index is 0.0277. The fourth-order valence-electron chi connectivity index (χ4n) is 3.79. The summed E-state index contributed by atoms with van der Waals surface area (Å²) in [6.07, 6.45) is 0. The van der Waals surface area contributed by atoms with Gasteiger partial charge in [-0.3, -0.25) is 4.79 Å². The Labute approximate surface area is 184 Å². The van der Waals surface area contributed by atoms with Crippen molar-refractivity contribution in [2.75, 3.05) is 32.7 Å². The van der Waals surface area contributed by atoms with Crippen molar-refractivity contribution in [3.8, 4) is 0 Å². The number of carbonyl (C=O) groups excluding carboxylic acids is 1. The van der Waals surface area contributed by atoms with E-state index in [0.717, 1.165) is 5.56 Å². The molecule has 1 aliphatic heterocycles. The highest BCUT2D eigenvalue weighted by Crippen LogP contribution is 2.24. The number of hydrogen-bond acceptors (Lipinski definition) is 6. The van der Waals surface area contributed by atoms with Crippen LogP contribution in [0, 0.1) is 13.8 Å². The van der Waals surface area contributed by atoms with Gasteiger partial charge in [-0.15, -0.1) is 0 Å². The fraction of sp³-hybridized carbons (Fsp3) is 0.545. The number of carbonyl (C=O) groups is 1. The maximum absolute atomic E-state index is 12.9. The van der Waals surface area contributed by atoms with Crippen LogP contribution in [0.1, 0.15) is 55.3 Å². The molecule has 2 aromatic rings. The normalized spacial score (nSPS) is 16.6. The van der Waals surface area contributed by atoms with Gasteiger partial charge in [0.25, 0.3) is 0 Å². The molecular formula is C22H32N4O4S. The molecule has 8 nitrogen and oxygen atoms in total. The Kier molecular flexibility index (Phi) is 7.18. The second-order valence-electron chi connectivity index (χ2n) is 8.36. The van der Waals surface area contributed by atoms with E-state index in [1.54, 1.807) is 18.7 Å². The molecule has 1 aromatic carbocycles. The smallest absolute Gasteiger partial charge is 0.248 e. The molecule has 2 heterocycles. The van der Waals surface area contributed by atoms with Crippen molar-refractivity contribution in [1.82, 2.24) is 19.7 Å². The molecule has 0 bridgehead atoms. The number of benzene rings is 1. The Hall–Kier alpha value is -2.23. The Bertz CT molecular complexity index is 987. The first-order chi connectivity index (χ1) is 14.6. The molecule has 3 rings (SSSR count). The number of rotatable bonds is 7. The minimum Gasteiger partial charge on any atom is -0.360 e. The van der Waals surface area contributed by atoms with E-state index in [0.29, 0.717) is 24.7 Å². The van der Waals surface area contributed by atoms with Crippen molar-refractivity contribution in [2.24, 2.45) is 0 Å². The van der Waals surface area contributed by atoms with Crippen molar-refractivity contribution in [3.05, 3.63) is 46.8 Å². The van der Waals surface area contributed by atoms with Gasteiger partial charge in [0.2, 0.25) is 15.9 Å². The maximum atomic E-state index is 12.9. The molecule has 1 fully saturated rings. The van der Waals surface area contributed by atoms with Crippen molar-refractivity contribution < 1.29 is 17.7 Å². The second-order valence-corrected chi connectivity index (χ2v) is 10.2. The number of sulfonamides is 1. The zero-order valence-corrected chi connectivity index (χ0v) is 19.7. The first-order valence-electron chi connectivity index (χ1n) is 10.6. The van der Waals surface area contributed by atoms with E-state index in [2.05, 4.69) is 48.6 Å². The van der Waals surface area contributed by atoms with Gasteiger partial charge in [0, 0.05) is 32.2 Å². The molecule has 0 spiro atoms. The van der Waals surface area contributed by atoms with Gasteiger partial charge in [-0.2, -0.15) is 4.31 Å². The molecule has 1 aliphatic rings. The van der Waals surface area contributed by atoms with Crippen LogP contribution in [0.15, 0.2) is 33.7 Å². The van der Waals surface area contributed by atoms with E-state index in [9.17, 15) is 13.2 Å². The van der Waals surface area contributed by atoms with E-state index in [-0.39, 0.29) is 42.2 Å². The molecule has 0 radical (unpaired) electrons. The van der Waals surface area contributed by atoms with Crippen LogP contribution in [0.4, 0.5) is 0 Å². The van der Waals surface area contributed by atoms with Gasteiger partial charge in [0.1, 0.15) is 10.6 Å². The van der Waals surface area contributed by atoms with Crippen molar-refractivity contribution in [1.29, 1.82) is 0 Å². The number of nitrogens with one attached hydrogen (secondary N) is 1. The van der Waals surface area contributed by atoms with E-state index in [4.69, 9.17) is 4.52 Å². The number of hydrogen-bond donors (Lipinski definition) is 1. The van der Waals surface area contributed by atoms with Crippen LogP contribution in [0.25, 0.3) is 0 Å². The fourth-order valence-corrected chi connectivity index (χ4v) is 5.50. The highest BCUT2D eigenvalue weighted by Gasteiger charge is 2.34. The van der Waals surface area contributed by atoms with E-state index < -0.39 is 10.0 Å². The van der Waals surface area contributed by atoms with Crippen LogP contribution < -0.4 is 5.32 Å². The summed E-state index contributed by atoms with van der Waals surface area (Å²) >= 11 is 0. The van der Waals surface area contributed by atoms with Gasteiger partial charge in [-0.1, -0.05) is 43.3 Å². The maximum Gasteiger partial charge on any atom is 0.248 e.